The minimum absolute atomic E-state index is 0.00705. The number of nitriles is 1. The number of nitro benzene ring substituents is 1. The van der Waals surface area contributed by atoms with E-state index in [2.05, 4.69) is 10.3 Å². The first-order valence-corrected chi connectivity index (χ1v) is 7.76. The Balaban J connectivity index is 1.67. The molecular formula is C17H17N5O2. The molecule has 1 saturated heterocycles. The van der Waals surface area contributed by atoms with E-state index in [9.17, 15) is 10.1 Å². The van der Waals surface area contributed by atoms with Crippen molar-refractivity contribution in [2.45, 2.75) is 6.42 Å². The Hall–Kier alpha value is -3.14. The smallest absolute Gasteiger partial charge is 0.293 e. The lowest BCUT2D eigenvalue weighted by Crippen LogP contribution is -2.23. The fourth-order valence-corrected chi connectivity index (χ4v) is 2.94. The van der Waals surface area contributed by atoms with Gasteiger partial charge in [-0.3, -0.25) is 10.1 Å². The third kappa shape index (κ3) is 3.43. The third-order valence-electron chi connectivity index (χ3n) is 4.16. The average Bonchev–Trinajstić information content (AvgIpc) is 3.09. The molecule has 7 heteroatoms. The Morgan fingerprint density at radius 1 is 1.42 bits per heavy atom. The standard InChI is InChI=1S/C17H17N5O2/c18-10-13-4-5-15(16(9-13)22(23)24)21-8-6-14(12-21)11-20-17-3-1-2-7-19-17/h1-5,7,9,14H,6,8,11-12H2,(H,19,20). The van der Waals surface area contributed by atoms with Crippen LogP contribution in [0.15, 0.2) is 42.6 Å². The number of nitrogens with one attached hydrogen (secondary N) is 1. The molecule has 1 aromatic heterocycles. The topological polar surface area (TPSA) is 95.1 Å². The molecule has 2 aromatic rings. The summed E-state index contributed by atoms with van der Waals surface area (Å²) in [4.78, 5) is 17.1. The largest absolute Gasteiger partial charge is 0.370 e. The van der Waals surface area contributed by atoms with Gasteiger partial charge in [-0.15, -0.1) is 0 Å². The minimum atomic E-state index is -0.421. The SMILES string of the molecule is N#Cc1ccc(N2CCC(CNc3ccccn3)C2)c([N+](=O)[O-])c1. The molecule has 7 nitrogen and oxygen atoms in total. The van der Waals surface area contributed by atoms with E-state index >= 15 is 0 Å². The maximum atomic E-state index is 11.3. The van der Waals surface area contributed by atoms with Crippen molar-refractivity contribution in [1.82, 2.24) is 4.98 Å². The van der Waals surface area contributed by atoms with Crippen molar-refractivity contribution in [2.75, 3.05) is 29.9 Å². The van der Waals surface area contributed by atoms with E-state index in [0.29, 0.717) is 17.2 Å². The monoisotopic (exact) mass is 323 g/mol. The van der Waals surface area contributed by atoms with Crippen molar-refractivity contribution >= 4 is 17.2 Å². The highest BCUT2D eigenvalue weighted by Crippen LogP contribution is 2.33. The fraction of sp³-hybridized carbons (Fsp3) is 0.294. The average molecular weight is 323 g/mol. The zero-order chi connectivity index (χ0) is 16.9. The zero-order valence-corrected chi connectivity index (χ0v) is 13.1. The number of aromatic nitrogens is 1. The van der Waals surface area contributed by atoms with Crippen LogP contribution in [0.2, 0.25) is 0 Å². The van der Waals surface area contributed by atoms with Crippen molar-refractivity contribution < 1.29 is 4.92 Å². The molecule has 0 radical (unpaired) electrons. The van der Waals surface area contributed by atoms with Crippen molar-refractivity contribution in [1.29, 1.82) is 5.26 Å². The van der Waals surface area contributed by atoms with Crippen LogP contribution < -0.4 is 10.2 Å². The highest BCUT2D eigenvalue weighted by atomic mass is 16.6. The number of rotatable bonds is 5. The molecule has 0 bridgehead atoms. The first-order valence-electron chi connectivity index (χ1n) is 7.76. The van der Waals surface area contributed by atoms with E-state index in [0.717, 1.165) is 31.9 Å². The van der Waals surface area contributed by atoms with Crippen LogP contribution in [0.4, 0.5) is 17.2 Å². The number of hydrogen-bond acceptors (Lipinski definition) is 6. The van der Waals surface area contributed by atoms with Gasteiger partial charge in [0.2, 0.25) is 0 Å². The van der Waals surface area contributed by atoms with Crippen LogP contribution in [-0.2, 0) is 0 Å². The van der Waals surface area contributed by atoms with E-state index in [1.54, 1.807) is 18.3 Å². The third-order valence-corrected chi connectivity index (χ3v) is 4.16. The van der Waals surface area contributed by atoms with Gasteiger partial charge in [0, 0.05) is 31.9 Å². The molecule has 1 aliphatic heterocycles. The number of hydrogen-bond donors (Lipinski definition) is 1. The number of nitro groups is 1. The fourth-order valence-electron chi connectivity index (χ4n) is 2.94. The molecular weight excluding hydrogens is 306 g/mol. The van der Waals surface area contributed by atoms with Gasteiger partial charge in [-0.25, -0.2) is 4.98 Å². The first kappa shape index (κ1) is 15.7. The van der Waals surface area contributed by atoms with Crippen LogP contribution in [-0.4, -0.2) is 29.5 Å². The highest BCUT2D eigenvalue weighted by Gasteiger charge is 2.27. The predicted octanol–water partition coefficient (Wildman–Crippen LogP) is 2.80. The summed E-state index contributed by atoms with van der Waals surface area (Å²) in [6, 6.07) is 12.3. The molecule has 0 spiro atoms. The Morgan fingerprint density at radius 2 is 2.29 bits per heavy atom. The molecule has 1 N–H and O–H groups in total. The summed E-state index contributed by atoms with van der Waals surface area (Å²) >= 11 is 0. The Bertz CT molecular complexity index is 772. The minimum Gasteiger partial charge on any atom is -0.370 e. The summed E-state index contributed by atoms with van der Waals surface area (Å²) in [6.45, 7) is 2.28. The summed E-state index contributed by atoms with van der Waals surface area (Å²) < 4.78 is 0. The van der Waals surface area contributed by atoms with Gasteiger partial charge in [0.25, 0.3) is 5.69 Å². The molecule has 122 valence electrons. The van der Waals surface area contributed by atoms with Gasteiger partial charge in [-0.1, -0.05) is 6.07 Å². The number of anilines is 2. The summed E-state index contributed by atoms with van der Waals surface area (Å²) in [5.41, 5.74) is 0.879. The van der Waals surface area contributed by atoms with Gasteiger partial charge in [0.15, 0.2) is 0 Å². The first-order chi connectivity index (χ1) is 11.7. The summed E-state index contributed by atoms with van der Waals surface area (Å²) in [5, 5.41) is 23.5. The lowest BCUT2D eigenvalue weighted by molar-refractivity contribution is -0.384. The Kier molecular flexibility index (Phi) is 4.57. The van der Waals surface area contributed by atoms with Crippen LogP contribution in [0.1, 0.15) is 12.0 Å². The van der Waals surface area contributed by atoms with Crippen LogP contribution in [0.5, 0.6) is 0 Å². The van der Waals surface area contributed by atoms with Crippen molar-refractivity contribution in [3.8, 4) is 6.07 Å². The zero-order valence-electron chi connectivity index (χ0n) is 13.1. The maximum Gasteiger partial charge on any atom is 0.293 e. The molecule has 1 unspecified atom stereocenters. The van der Waals surface area contributed by atoms with Crippen LogP contribution in [0, 0.1) is 27.4 Å². The number of nitrogens with zero attached hydrogens (tertiary/aromatic N) is 4. The second kappa shape index (κ2) is 6.96. The maximum absolute atomic E-state index is 11.3. The number of pyridine rings is 1. The van der Waals surface area contributed by atoms with Gasteiger partial charge in [-0.2, -0.15) is 5.26 Å². The lowest BCUT2D eigenvalue weighted by Gasteiger charge is -2.19. The lowest BCUT2D eigenvalue weighted by atomic mass is 10.1. The Labute approximate surface area is 139 Å². The van der Waals surface area contributed by atoms with E-state index in [1.807, 2.05) is 29.2 Å². The molecule has 1 aromatic carbocycles. The summed E-state index contributed by atoms with van der Waals surface area (Å²) in [7, 11) is 0. The van der Waals surface area contributed by atoms with Crippen LogP contribution in [0.3, 0.4) is 0 Å². The van der Waals surface area contributed by atoms with Crippen LogP contribution in [0.25, 0.3) is 0 Å². The molecule has 1 aliphatic rings. The van der Waals surface area contributed by atoms with E-state index < -0.39 is 4.92 Å². The van der Waals surface area contributed by atoms with Gasteiger partial charge in [0.05, 0.1) is 16.6 Å². The van der Waals surface area contributed by atoms with E-state index in [1.165, 1.54) is 6.07 Å². The second-order valence-electron chi connectivity index (χ2n) is 5.77. The van der Waals surface area contributed by atoms with Crippen LogP contribution >= 0.6 is 0 Å². The van der Waals surface area contributed by atoms with Crippen molar-refractivity contribution in [3.63, 3.8) is 0 Å². The van der Waals surface area contributed by atoms with Gasteiger partial charge in [-0.05, 0) is 36.6 Å². The summed E-state index contributed by atoms with van der Waals surface area (Å²) in [6.07, 6.45) is 2.69. The molecule has 1 atom stereocenters. The molecule has 1 fully saturated rings. The molecule has 3 rings (SSSR count). The Morgan fingerprint density at radius 3 is 3.00 bits per heavy atom. The van der Waals surface area contributed by atoms with Gasteiger partial charge in [0.1, 0.15) is 11.5 Å². The van der Waals surface area contributed by atoms with Gasteiger partial charge < -0.3 is 10.2 Å². The quantitative estimate of drug-likeness (QED) is 0.671. The molecule has 0 aliphatic carbocycles. The normalized spacial score (nSPS) is 16.6. The highest BCUT2D eigenvalue weighted by molar-refractivity contribution is 5.66. The van der Waals surface area contributed by atoms with E-state index in [4.69, 9.17) is 5.26 Å². The molecule has 0 amide bonds. The molecule has 2 heterocycles. The van der Waals surface area contributed by atoms with Gasteiger partial charge >= 0.3 is 0 Å². The molecule has 0 saturated carbocycles. The molecule has 24 heavy (non-hydrogen) atoms. The summed E-state index contributed by atoms with van der Waals surface area (Å²) in [5.74, 6) is 1.22. The predicted molar refractivity (Wildman–Crippen MR) is 90.9 cm³/mol. The van der Waals surface area contributed by atoms with Crippen molar-refractivity contribution in [2.24, 2.45) is 5.92 Å². The van der Waals surface area contributed by atoms with E-state index in [-0.39, 0.29) is 5.69 Å². The van der Waals surface area contributed by atoms with Crippen molar-refractivity contribution in [3.05, 3.63) is 58.3 Å². The number of benzene rings is 1. The second-order valence-corrected chi connectivity index (χ2v) is 5.77.